The second-order valence-electron chi connectivity index (χ2n) is 7.98. The normalized spacial score (nSPS) is 11.9. The third-order valence-corrected chi connectivity index (χ3v) is 5.38. The van der Waals surface area contributed by atoms with Crippen molar-refractivity contribution in [3.8, 4) is 40.3 Å². The number of aryl methyl sites for hydroxylation is 1. The molecule has 34 heavy (non-hydrogen) atoms. The molecule has 8 heteroatoms. The van der Waals surface area contributed by atoms with E-state index in [0.29, 0.717) is 40.4 Å². The summed E-state index contributed by atoms with van der Waals surface area (Å²) in [6.07, 6.45) is 0.338. The van der Waals surface area contributed by atoms with Crippen LogP contribution < -0.4 is 29.1 Å². The van der Waals surface area contributed by atoms with E-state index >= 15 is 0 Å². The van der Waals surface area contributed by atoms with Gasteiger partial charge in [-0.3, -0.25) is 9.59 Å². The highest BCUT2D eigenvalue weighted by Gasteiger charge is 2.27. The predicted octanol–water partition coefficient (Wildman–Crippen LogP) is 4.83. The fourth-order valence-corrected chi connectivity index (χ4v) is 3.57. The summed E-state index contributed by atoms with van der Waals surface area (Å²) in [4.78, 5) is 25.8. The molecule has 1 aliphatic heterocycles. The third kappa shape index (κ3) is 4.95. The molecule has 0 saturated heterocycles. The van der Waals surface area contributed by atoms with Crippen LogP contribution in [0.4, 0.5) is 0 Å². The highest BCUT2D eigenvalue weighted by Crippen LogP contribution is 2.41. The van der Waals surface area contributed by atoms with Gasteiger partial charge in [-0.2, -0.15) is 0 Å². The van der Waals surface area contributed by atoms with Gasteiger partial charge < -0.3 is 28.1 Å². The molecule has 1 aromatic carbocycles. The number of hydrogen-bond donors (Lipinski definition) is 0. The largest absolute Gasteiger partial charge is 0.493 e. The zero-order valence-electron chi connectivity index (χ0n) is 20.5. The third-order valence-electron chi connectivity index (χ3n) is 5.38. The van der Waals surface area contributed by atoms with E-state index in [-0.39, 0.29) is 29.0 Å². The van der Waals surface area contributed by atoms with Crippen LogP contribution in [-0.4, -0.2) is 33.4 Å². The zero-order valence-corrected chi connectivity index (χ0v) is 20.5. The van der Waals surface area contributed by atoms with E-state index < -0.39 is 11.9 Å². The highest BCUT2D eigenvalue weighted by molar-refractivity contribution is 5.83. The second kappa shape index (κ2) is 10.5. The summed E-state index contributed by atoms with van der Waals surface area (Å²) >= 11 is 0. The Morgan fingerprint density at radius 3 is 2.12 bits per heavy atom. The van der Waals surface area contributed by atoms with Crippen LogP contribution in [-0.2, 0) is 11.2 Å². The Morgan fingerprint density at radius 2 is 1.59 bits per heavy atom. The predicted molar refractivity (Wildman–Crippen MR) is 127 cm³/mol. The highest BCUT2D eigenvalue weighted by atomic mass is 16.6. The molecule has 1 heterocycles. The van der Waals surface area contributed by atoms with E-state index in [4.69, 9.17) is 28.1 Å². The van der Waals surface area contributed by atoms with Gasteiger partial charge in [0.2, 0.25) is 5.75 Å². The Kier molecular flexibility index (Phi) is 7.71. The van der Waals surface area contributed by atoms with Gasteiger partial charge >= 0.3 is 5.97 Å². The number of ether oxygens (including phenoxy) is 5. The molecule has 0 fully saturated rings. The van der Waals surface area contributed by atoms with Crippen molar-refractivity contribution in [1.82, 2.24) is 0 Å². The number of hydrogen-bond acceptors (Lipinski definition) is 8. The number of carbonyl (C=O) groups is 1. The lowest BCUT2D eigenvalue weighted by atomic mass is 9.99. The number of methoxy groups -OCH3 is 3. The summed E-state index contributed by atoms with van der Waals surface area (Å²) in [6.45, 7) is 7.31. The van der Waals surface area contributed by atoms with Crippen molar-refractivity contribution in [3.05, 3.63) is 51.7 Å². The van der Waals surface area contributed by atoms with Crippen LogP contribution in [0.5, 0.6) is 28.9 Å². The van der Waals surface area contributed by atoms with E-state index in [1.165, 1.54) is 27.4 Å². The smallest absolute Gasteiger partial charge is 0.318 e. The van der Waals surface area contributed by atoms with Gasteiger partial charge in [-0.1, -0.05) is 6.92 Å². The number of fused-ring (bicyclic) bond motifs is 1. The Hall–Kier alpha value is -3.68. The molecule has 1 atom stereocenters. The van der Waals surface area contributed by atoms with Gasteiger partial charge in [0.25, 0.3) is 5.95 Å². The number of carbonyl (C=O) groups excluding carboxylic acids is 1. The molecule has 0 radical (unpaired) electrons. The minimum absolute atomic E-state index is 0.131. The number of rotatable bonds is 9. The van der Waals surface area contributed by atoms with Crippen LogP contribution in [0.2, 0.25) is 0 Å². The molecule has 0 aromatic heterocycles. The standard InChI is InChI=1S/C26H30O8/c1-8-16-11-19(27)18-9-10-22(32-14(2)3)33-24(18)23(16)34-26(28)15(4)17-12-20(29-5)25(31-7)21(13-17)30-6/h9-15H,8H2,1-7H3. The molecule has 0 amide bonds. The molecule has 2 aliphatic rings. The van der Waals surface area contributed by atoms with Crippen LogP contribution in [0, 0.1) is 0 Å². The number of esters is 1. The van der Waals surface area contributed by atoms with Crippen molar-refractivity contribution in [2.24, 2.45) is 0 Å². The lowest BCUT2D eigenvalue weighted by Crippen LogP contribution is -2.19. The first-order chi connectivity index (χ1) is 16.2. The minimum atomic E-state index is -0.685. The zero-order chi connectivity index (χ0) is 25.0. The summed E-state index contributed by atoms with van der Waals surface area (Å²) < 4.78 is 33.5. The maximum absolute atomic E-state index is 13.2. The molecule has 182 valence electrons. The van der Waals surface area contributed by atoms with Crippen molar-refractivity contribution in [3.63, 3.8) is 0 Å². The molecule has 1 unspecified atom stereocenters. The first-order valence-corrected chi connectivity index (χ1v) is 11.0. The van der Waals surface area contributed by atoms with Crippen LogP contribution >= 0.6 is 0 Å². The quantitative estimate of drug-likeness (QED) is 0.324. The first-order valence-electron chi connectivity index (χ1n) is 11.0. The maximum atomic E-state index is 13.2. The molecule has 8 nitrogen and oxygen atoms in total. The second-order valence-corrected chi connectivity index (χ2v) is 7.98. The van der Waals surface area contributed by atoms with Gasteiger partial charge in [0.05, 0.1) is 38.9 Å². The van der Waals surface area contributed by atoms with Gasteiger partial charge in [-0.25, -0.2) is 0 Å². The van der Waals surface area contributed by atoms with Gasteiger partial charge in [-0.05, 0) is 57.0 Å². The van der Waals surface area contributed by atoms with Crippen molar-refractivity contribution in [1.29, 1.82) is 0 Å². The van der Waals surface area contributed by atoms with Crippen LogP contribution in [0.1, 0.15) is 44.7 Å². The molecular formula is C26H30O8. The summed E-state index contributed by atoms with van der Waals surface area (Å²) in [6, 6.07) is 8.06. The van der Waals surface area contributed by atoms with E-state index in [1.54, 1.807) is 31.2 Å². The molecule has 0 spiro atoms. The molecule has 0 bridgehead atoms. The fourth-order valence-electron chi connectivity index (χ4n) is 3.57. The topological polar surface area (TPSA) is 93.4 Å². The van der Waals surface area contributed by atoms with Crippen LogP contribution in [0.25, 0.3) is 11.3 Å². The molecule has 0 N–H and O–H groups in total. The van der Waals surface area contributed by atoms with Crippen LogP contribution in [0.3, 0.4) is 0 Å². The average Bonchev–Trinajstić information content (AvgIpc) is 2.83. The summed E-state index contributed by atoms with van der Waals surface area (Å²) in [7, 11) is 4.52. The average molecular weight is 471 g/mol. The molecule has 1 aliphatic carbocycles. The van der Waals surface area contributed by atoms with Gasteiger partial charge in [0.15, 0.2) is 28.4 Å². The SMILES string of the molecule is CCc1cc(=O)c2ccc(OC(C)C)oc-2c1OC(=O)C(C)c1cc(OC)c(OC)c(OC)c1. The van der Waals surface area contributed by atoms with Crippen molar-refractivity contribution >= 4 is 5.97 Å². The molecule has 0 saturated carbocycles. The fraction of sp³-hybridized carbons (Fsp3) is 0.385. The molecule has 3 rings (SSSR count). The Balaban J connectivity index is 2.04. The summed E-state index contributed by atoms with van der Waals surface area (Å²) in [5, 5.41) is 0. The van der Waals surface area contributed by atoms with E-state index in [9.17, 15) is 9.59 Å². The summed E-state index contributed by atoms with van der Waals surface area (Å²) in [5.41, 5.74) is 1.26. The van der Waals surface area contributed by atoms with Crippen molar-refractivity contribution in [2.75, 3.05) is 21.3 Å². The van der Waals surface area contributed by atoms with E-state index in [2.05, 4.69) is 0 Å². The lowest BCUT2D eigenvalue weighted by Gasteiger charge is -2.19. The minimum Gasteiger partial charge on any atom is -0.493 e. The van der Waals surface area contributed by atoms with Gasteiger partial charge in [-0.15, -0.1) is 0 Å². The monoisotopic (exact) mass is 470 g/mol. The van der Waals surface area contributed by atoms with Crippen molar-refractivity contribution < 1.29 is 32.9 Å². The lowest BCUT2D eigenvalue weighted by molar-refractivity contribution is -0.135. The maximum Gasteiger partial charge on any atom is 0.318 e. The van der Waals surface area contributed by atoms with Crippen LogP contribution in [0.15, 0.2) is 39.5 Å². The molecule has 1 aromatic rings. The Labute approximate surface area is 198 Å². The molecular weight excluding hydrogens is 440 g/mol. The van der Waals surface area contributed by atoms with Gasteiger partial charge in [0.1, 0.15) is 0 Å². The summed E-state index contributed by atoms with van der Waals surface area (Å²) in [5.74, 6) is 0.671. The van der Waals surface area contributed by atoms with E-state index in [0.717, 1.165) is 0 Å². The first kappa shape index (κ1) is 25.0. The van der Waals surface area contributed by atoms with Gasteiger partial charge in [0, 0.05) is 11.6 Å². The van der Waals surface area contributed by atoms with Crippen molar-refractivity contribution in [2.45, 2.75) is 46.1 Å². The Bertz CT molecular complexity index is 1170. The van der Waals surface area contributed by atoms with E-state index in [1.807, 2.05) is 20.8 Å². The number of benzene rings is 2. The Morgan fingerprint density at radius 1 is 0.941 bits per heavy atom.